The van der Waals surface area contributed by atoms with Gasteiger partial charge in [-0.3, -0.25) is 4.79 Å². The van der Waals surface area contributed by atoms with Crippen molar-refractivity contribution < 1.29 is 13.9 Å². The minimum absolute atomic E-state index is 0.133. The first-order chi connectivity index (χ1) is 11.2. The van der Waals surface area contributed by atoms with Gasteiger partial charge in [0.1, 0.15) is 17.7 Å². The van der Waals surface area contributed by atoms with Gasteiger partial charge in [-0.05, 0) is 35.7 Å². The molecule has 2 heterocycles. The minimum Gasteiger partial charge on any atom is -0.489 e. The zero-order valence-electron chi connectivity index (χ0n) is 12.6. The van der Waals surface area contributed by atoms with E-state index in [4.69, 9.17) is 4.74 Å². The van der Waals surface area contributed by atoms with Gasteiger partial charge in [-0.1, -0.05) is 0 Å². The van der Waals surface area contributed by atoms with Crippen LogP contribution in [0.25, 0.3) is 0 Å². The van der Waals surface area contributed by atoms with Crippen LogP contribution in [0.4, 0.5) is 4.39 Å². The van der Waals surface area contributed by atoms with Crippen molar-refractivity contribution in [1.82, 2.24) is 4.90 Å². The molecule has 1 fully saturated rings. The fourth-order valence-electron chi connectivity index (χ4n) is 2.50. The van der Waals surface area contributed by atoms with Crippen molar-refractivity contribution in [3.05, 3.63) is 46.9 Å². The summed E-state index contributed by atoms with van der Waals surface area (Å²) < 4.78 is 18.7. The predicted octanol–water partition coefficient (Wildman–Crippen LogP) is 4.05. The number of hydrogen-bond acceptors (Lipinski definition) is 4. The molecule has 0 aliphatic carbocycles. The van der Waals surface area contributed by atoms with Crippen LogP contribution >= 0.6 is 23.1 Å². The summed E-state index contributed by atoms with van der Waals surface area (Å²) in [6.07, 6.45) is 1.92. The van der Waals surface area contributed by atoms with Gasteiger partial charge in [-0.2, -0.15) is 0 Å². The molecule has 122 valence electrons. The second-order valence-corrected chi connectivity index (χ2v) is 7.23. The lowest BCUT2D eigenvalue weighted by Gasteiger charge is -2.32. The third-order valence-corrected chi connectivity index (χ3v) is 5.43. The van der Waals surface area contributed by atoms with E-state index in [1.54, 1.807) is 23.5 Å². The Morgan fingerprint density at radius 2 is 2.00 bits per heavy atom. The summed E-state index contributed by atoms with van der Waals surface area (Å²) in [6.45, 7) is 1.47. The zero-order chi connectivity index (χ0) is 16.1. The Kier molecular flexibility index (Phi) is 5.56. The molecule has 0 unspecified atom stereocenters. The Labute approximate surface area is 143 Å². The van der Waals surface area contributed by atoms with E-state index in [9.17, 15) is 9.18 Å². The monoisotopic (exact) mass is 351 g/mol. The van der Waals surface area contributed by atoms with E-state index in [2.05, 4.69) is 0 Å². The Morgan fingerprint density at radius 3 is 2.65 bits per heavy atom. The zero-order valence-corrected chi connectivity index (χ0v) is 14.2. The largest absolute Gasteiger partial charge is 0.489 e. The number of amides is 1. The number of carbonyl (C=O) groups excluding carboxylic acids is 1. The topological polar surface area (TPSA) is 29.5 Å². The summed E-state index contributed by atoms with van der Waals surface area (Å²) in [5, 5.41) is 4.00. The number of likely N-dealkylation sites (tertiary alicyclic amines) is 1. The van der Waals surface area contributed by atoms with Crippen LogP contribution < -0.4 is 4.74 Å². The predicted molar refractivity (Wildman–Crippen MR) is 91.7 cm³/mol. The Bertz CT molecular complexity index is 623. The van der Waals surface area contributed by atoms with Crippen LogP contribution in [0.1, 0.15) is 12.8 Å². The Hall–Kier alpha value is -1.53. The van der Waals surface area contributed by atoms with E-state index in [1.807, 2.05) is 21.7 Å². The van der Waals surface area contributed by atoms with Crippen molar-refractivity contribution in [2.45, 2.75) is 23.8 Å². The summed E-state index contributed by atoms with van der Waals surface area (Å²) in [5.41, 5.74) is 0. The third-order valence-electron chi connectivity index (χ3n) is 3.77. The summed E-state index contributed by atoms with van der Waals surface area (Å²) >= 11 is 3.07. The normalized spacial score (nSPS) is 15.6. The van der Waals surface area contributed by atoms with E-state index >= 15 is 0 Å². The molecule has 1 saturated heterocycles. The number of thiophene rings is 1. The molecule has 0 saturated carbocycles. The van der Waals surface area contributed by atoms with Crippen molar-refractivity contribution in [2.24, 2.45) is 0 Å². The number of halogens is 1. The number of thioether (sulfide) groups is 1. The summed E-state index contributed by atoms with van der Waals surface area (Å²) in [7, 11) is 0. The maximum absolute atomic E-state index is 12.9. The first kappa shape index (κ1) is 16.3. The molecule has 3 rings (SSSR count). The van der Waals surface area contributed by atoms with Gasteiger partial charge >= 0.3 is 0 Å². The first-order valence-electron chi connectivity index (χ1n) is 7.56. The highest BCUT2D eigenvalue weighted by atomic mass is 32.2. The van der Waals surface area contributed by atoms with Crippen molar-refractivity contribution in [2.75, 3.05) is 18.8 Å². The van der Waals surface area contributed by atoms with Crippen LogP contribution in [0, 0.1) is 5.82 Å². The molecule has 0 N–H and O–H groups in total. The van der Waals surface area contributed by atoms with Gasteiger partial charge in [0.25, 0.3) is 0 Å². The van der Waals surface area contributed by atoms with E-state index in [-0.39, 0.29) is 17.8 Å². The molecule has 1 aliphatic rings. The molecule has 1 aliphatic heterocycles. The molecular weight excluding hydrogens is 333 g/mol. The van der Waals surface area contributed by atoms with Crippen molar-refractivity contribution in [3.63, 3.8) is 0 Å². The number of carbonyl (C=O) groups is 1. The molecule has 23 heavy (non-hydrogen) atoms. The molecule has 1 aromatic heterocycles. The average molecular weight is 351 g/mol. The van der Waals surface area contributed by atoms with Gasteiger partial charge in [0, 0.05) is 36.2 Å². The highest BCUT2D eigenvalue weighted by molar-refractivity contribution is 8.00. The van der Waals surface area contributed by atoms with Crippen LogP contribution in [0.3, 0.4) is 0 Å². The number of hydrogen-bond donors (Lipinski definition) is 0. The quantitative estimate of drug-likeness (QED) is 0.761. The second-order valence-electron chi connectivity index (χ2n) is 5.40. The lowest BCUT2D eigenvalue weighted by atomic mass is 10.1. The van der Waals surface area contributed by atoms with Crippen LogP contribution in [-0.2, 0) is 4.79 Å². The number of piperidine rings is 1. The van der Waals surface area contributed by atoms with E-state index in [0.717, 1.165) is 36.6 Å². The first-order valence-corrected chi connectivity index (χ1v) is 9.48. The molecule has 1 aromatic carbocycles. The van der Waals surface area contributed by atoms with Crippen molar-refractivity contribution in [3.8, 4) is 5.75 Å². The van der Waals surface area contributed by atoms with E-state index in [0.29, 0.717) is 5.75 Å². The Morgan fingerprint density at radius 1 is 1.26 bits per heavy atom. The van der Waals surface area contributed by atoms with Crippen LogP contribution in [0.5, 0.6) is 5.75 Å². The van der Waals surface area contributed by atoms with Gasteiger partial charge in [-0.25, -0.2) is 4.39 Å². The molecule has 2 aromatic rings. The number of ether oxygens (including phenoxy) is 1. The average Bonchev–Trinajstić information content (AvgIpc) is 3.08. The Balaban J connectivity index is 1.42. The molecule has 6 heteroatoms. The third kappa shape index (κ3) is 4.72. The molecule has 0 bridgehead atoms. The maximum atomic E-state index is 12.9. The smallest absolute Gasteiger partial charge is 0.232 e. The molecular formula is C17H18FNO2S2. The fourth-order valence-corrected chi connectivity index (χ4v) is 3.86. The lowest BCUT2D eigenvalue weighted by molar-refractivity contribution is -0.130. The van der Waals surface area contributed by atoms with Gasteiger partial charge in [0.05, 0.1) is 5.75 Å². The van der Waals surface area contributed by atoms with Gasteiger partial charge in [0.2, 0.25) is 5.91 Å². The lowest BCUT2D eigenvalue weighted by Crippen LogP contribution is -2.42. The highest BCUT2D eigenvalue weighted by Crippen LogP contribution is 2.23. The minimum atomic E-state index is -0.256. The number of nitrogens with zero attached hydrogens (tertiary/aromatic N) is 1. The van der Waals surface area contributed by atoms with Gasteiger partial charge < -0.3 is 9.64 Å². The fraction of sp³-hybridized carbons (Fsp3) is 0.353. The summed E-state index contributed by atoms with van der Waals surface area (Å²) in [4.78, 5) is 15.1. The molecule has 3 nitrogen and oxygen atoms in total. The molecule has 1 amide bonds. The number of benzene rings is 1. The summed E-state index contributed by atoms with van der Waals surface area (Å²) in [5.74, 6) is 1.19. The molecule has 0 radical (unpaired) electrons. The van der Waals surface area contributed by atoms with E-state index in [1.165, 1.54) is 23.9 Å². The second kappa shape index (κ2) is 7.84. The van der Waals surface area contributed by atoms with Crippen molar-refractivity contribution in [1.29, 1.82) is 0 Å². The van der Waals surface area contributed by atoms with Gasteiger partial charge in [-0.15, -0.1) is 23.1 Å². The van der Waals surface area contributed by atoms with E-state index < -0.39 is 0 Å². The van der Waals surface area contributed by atoms with Gasteiger partial charge in [0.15, 0.2) is 0 Å². The van der Waals surface area contributed by atoms with Crippen LogP contribution in [-0.4, -0.2) is 35.8 Å². The van der Waals surface area contributed by atoms with Crippen LogP contribution in [0.2, 0.25) is 0 Å². The molecule has 0 atom stereocenters. The van der Waals surface area contributed by atoms with Crippen molar-refractivity contribution >= 4 is 29.0 Å². The number of rotatable bonds is 5. The SMILES string of the molecule is O=C(CSc1ccc(F)cc1)N1CCC(Oc2ccsc2)CC1. The summed E-state index contributed by atoms with van der Waals surface area (Å²) in [6, 6.07) is 8.21. The van der Waals surface area contributed by atoms with Crippen LogP contribution in [0.15, 0.2) is 46.0 Å². The highest BCUT2D eigenvalue weighted by Gasteiger charge is 2.23. The maximum Gasteiger partial charge on any atom is 0.232 e. The molecule has 0 spiro atoms. The standard InChI is InChI=1S/C17H18FNO2S2/c18-13-1-3-16(4-2-13)23-12-17(20)19-8-5-14(6-9-19)21-15-7-10-22-11-15/h1-4,7,10-11,14H,5-6,8-9,12H2.